The van der Waals surface area contributed by atoms with Crippen LogP contribution >= 0.6 is 0 Å². The maximum atomic E-state index is 5.59. The third-order valence-electron chi connectivity index (χ3n) is 2.42. The van der Waals surface area contributed by atoms with Gasteiger partial charge in [-0.3, -0.25) is 0 Å². The Labute approximate surface area is 77.9 Å². The Morgan fingerprint density at radius 2 is 2.46 bits per heavy atom. The smallest absolute Gasteiger partial charge is 0.119 e. The van der Waals surface area contributed by atoms with Crippen LogP contribution in [0.3, 0.4) is 0 Å². The average Bonchev–Trinajstić information content (AvgIpc) is 2.58. The van der Waals surface area contributed by atoms with Gasteiger partial charge in [0.2, 0.25) is 0 Å². The van der Waals surface area contributed by atoms with Crippen molar-refractivity contribution < 1.29 is 4.74 Å². The molecule has 0 amide bonds. The molecule has 3 N–H and O–H groups in total. The van der Waals surface area contributed by atoms with Crippen LogP contribution in [0.15, 0.2) is 18.2 Å². The van der Waals surface area contributed by atoms with Gasteiger partial charge in [0.25, 0.3) is 0 Å². The molecular formula is C10H14N2O. The van der Waals surface area contributed by atoms with Crippen molar-refractivity contribution in [1.29, 1.82) is 0 Å². The summed E-state index contributed by atoms with van der Waals surface area (Å²) in [5, 5.41) is 3.35. The molecule has 1 unspecified atom stereocenters. The van der Waals surface area contributed by atoms with Crippen LogP contribution in [0, 0.1) is 0 Å². The molecule has 1 heterocycles. The number of hydrogen-bond acceptors (Lipinski definition) is 3. The maximum Gasteiger partial charge on any atom is 0.119 e. The summed E-state index contributed by atoms with van der Waals surface area (Å²) in [5.41, 5.74) is 8.08. The van der Waals surface area contributed by atoms with Gasteiger partial charge in [0, 0.05) is 18.3 Å². The summed E-state index contributed by atoms with van der Waals surface area (Å²) in [6.45, 7) is 0.678. The summed E-state index contributed by atoms with van der Waals surface area (Å²) < 4.78 is 5.15. The molecule has 3 nitrogen and oxygen atoms in total. The van der Waals surface area contributed by atoms with Gasteiger partial charge in [0.15, 0.2) is 0 Å². The molecule has 0 aliphatic carbocycles. The van der Waals surface area contributed by atoms with E-state index in [2.05, 4.69) is 11.4 Å². The van der Waals surface area contributed by atoms with Crippen LogP contribution in [0.2, 0.25) is 0 Å². The first-order valence-electron chi connectivity index (χ1n) is 4.47. The zero-order chi connectivity index (χ0) is 9.26. The van der Waals surface area contributed by atoms with Crippen LogP contribution in [0.25, 0.3) is 0 Å². The molecule has 70 valence electrons. The molecule has 0 aromatic heterocycles. The van der Waals surface area contributed by atoms with Crippen molar-refractivity contribution in [2.75, 3.05) is 19.0 Å². The molecule has 1 atom stereocenters. The van der Waals surface area contributed by atoms with E-state index in [4.69, 9.17) is 10.5 Å². The van der Waals surface area contributed by atoms with Crippen molar-refractivity contribution in [3.63, 3.8) is 0 Å². The van der Waals surface area contributed by atoms with Gasteiger partial charge in [-0.1, -0.05) is 0 Å². The predicted octanol–water partition coefficient (Wildman–Crippen LogP) is 0.990. The molecule has 0 spiro atoms. The molecule has 1 aliphatic heterocycles. The minimum absolute atomic E-state index is 0.391. The topological polar surface area (TPSA) is 47.3 Å². The Balaban J connectivity index is 2.25. The van der Waals surface area contributed by atoms with Crippen molar-refractivity contribution in [1.82, 2.24) is 0 Å². The minimum Gasteiger partial charge on any atom is -0.497 e. The molecule has 1 aromatic carbocycles. The van der Waals surface area contributed by atoms with Crippen LogP contribution in [0.4, 0.5) is 5.69 Å². The first-order valence-corrected chi connectivity index (χ1v) is 4.47. The highest BCUT2D eigenvalue weighted by molar-refractivity contribution is 5.59. The number of anilines is 1. The quantitative estimate of drug-likeness (QED) is 0.710. The third kappa shape index (κ3) is 1.47. The fourth-order valence-electron chi connectivity index (χ4n) is 1.69. The number of benzene rings is 1. The Morgan fingerprint density at radius 1 is 1.62 bits per heavy atom. The van der Waals surface area contributed by atoms with Crippen molar-refractivity contribution in [3.05, 3.63) is 23.8 Å². The first-order chi connectivity index (χ1) is 6.33. The van der Waals surface area contributed by atoms with Gasteiger partial charge >= 0.3 is 0 Å². The highest BCUT2D eigenvalue weighted by Gasteiger charge is 2.18. The third-order valence-corrected chi connectivity index (χ3v) is 2.42. The molecule has 13 heavy (non-hydrogen) atoms. The van der Waals surface area contributed by atoms with E-state index in [0.29, 0.717) is 12.6 Å². The van der Waals surface area contributed by atoms with Crippen LogP contribution in [-0.2, 0) is 6.42 Å². The maximum absolute atomic E-state index is 5.59. The number of rotatable bonds is 2. The zero-order valence-electron chi connectivity index (χ0n) is 7.71. The normalized spacial score (nSPS) is 19.4. The van der Waals surface area contributed by atoms with Crippen molar-refractivity contribution in [2.45, 2.75) is 12.5 Å². The Kier molecular flexibility index (Phi) is 2.10. The molecule has 0 radical (unpaired) electrons. The lowest BCUT2D eigenvalue weighted by Gasteiger charge is -2.05. The molecule has 3 heteroatoms. The van der Waals surface area contributed by atoms with Crippen LogP contribution in [-0.4, -0.2) is 19.7 Å². The van der Waals surface area contributed by atoms with Gasteiger partial charge in [0.05, 0.1) is 7.11 Å². The summed E-state index contributed by atoms with van der Waals surface area (Å²) in [5.74, 6) is 0.915. The molecule has 1 aliphatic rings. The number of fused-ring (bicyclic) bond motifs is 1. The summed E-state index contributed by atoms with van der Waals surface area (Å²) in [6, 6.07) is 6.47. The van der Waals surface area contributed by atoms with Gasteiger partial charge in [-0.15, -0.1) is 0 Å². The van der Waals surface area contributed by atoms with E-state index >= 15 is 0 Å². The summed E-state index contributed by atoms with van der Waals surface area (Å²) >= 11 is 0. The fraction of sp³-hybridized carbons (Fsp3) is 0.400. The molecule has 0 fully saturated rings. The standard InChI is InChI=1S/C10H14N2O/c1-13-9-2-3-10-7(5-9)4-8(6-11)12-10/h2-3,5,8,12H,4,6,11H2,1H3. The van der Waals surface area contributed by atoms with Gasteiger partial charge in [-0.05, 0) is 30.2 Å². The van der Waals surface area contributed by atoms with Crippen LogP contribution in [0.5, 0.6) is 5.75 Å². The summed E-state index contributed by atoms with van der Waals surface area (Å²) in [4.78, 5) is 0. The summed E-state index contributed by atoms with van der Waals surface area (Å²) in [6.07, 6.45) is 1.00. The Bertz CT molecular complexity index is 312. The van der Waals surface area contributed by atoms with Gasteiger partial charge in [-0.25, -0.2) is 0 Å². The van der Waals surface area contributed by atoms with E-state index in [1.54, 1.807) is 7.11 Å². The number of hydrogen-bond donors (Lipinski definition) is 2. The van der Waals surface area contributed by atoms with E-state index in [-0.39, 0.29) is 0 Å². The number of nitrogens with two attached hydrogens (primary N) is 1. The fourth-order valence-corrected chi connectivity index (χ4v) is 1.69. The molecule has 2 rings (SSSR count). The second kappa shape index (κ2) is 3.26. The van der Waals surface area contributed by atoms with Gasteiger partial charge in [0.1, 0.15) is 5.75 Å². The molecule has 0 saturated heterocycles. The first kappa shape index (κ1) is 8.38. The minimum atomic E-state index is 0.391. The van der Waals surface area contributed by atoms with Crippen LogP contribution in [0.1, 0.15) is 5.56 Å². The van der Waals surface area contributed by atoms with Crippen molar-refractivity contribution >= 4 is 5.69 Å². The predicted molar refractivity (Wildman–Crippen MR) is 53.2 cm³/mol. The molecular weight excluding hydrogens is 164 g/mol. The van der Waals surface area contributed by atoms with Crippen molar-refractivity contribution in [2.24, 2.45) is 5.73 Å². The van der Waals surface area contributed by atoms with E-state index in [1.807, 2.05) is 12.1 Å². The molecule has 0 bridgehead atoms. The van der Waals surface area contributed by atoms with E-state index in [1.165, 1.54) is 11.3 Å². The Morgan fingerprint density at radius 3 is 3.15 bits per heavy atom. The second-order valence-electron chi connectivity index (χ2n) is 3.30. The number of nitrogens with one attached hydrogen (secondary N) is 1. The van der Waals surface area contributed by atoms with Crippen molar-refractivity contribution in [3.8, 4) is 5.75 Å². The zero-order valence-corrected chi connectivity index (χ0v) is 7.71. The molecule has 0 saturated carbocycles. The number of ether oxygens (including phenoxy) is 1. The largest absolute Gasteiger partial charge is 0.497 e. The van der Waals surface area contributed by atoms with Crippen LogP contribution < -0.4 is 15.8 Å². The van der Waals surface area contributed by atoms with E-state index in [9.17, 15) is 0 Å². The molecule has 1 aromatic rings. The van der Waals surface area contributed by atoms with E-state index in [0.717, 1.165) is 12.2 Å². The second-order valence-corrected chi connectivity index (χ2v) is 3.30. The SMILES string of the molecule is COc1ccc2c(c1)CC(CN)N2. The van der Waals surface area contributed by atoms with Gasteiger partial charge < -0.3 is 15.8 Å². The lowest BCUT2D eigenvalue weighted by Crippen LogP contribution is -2.25. The highest BCUT2D eigenvalue weighted by atomic mass is 16.5. The lowest BCUT2D eigenvalue weighted by atomic mass is 10.1. The van der Waals surface area contributed by atoms with E-state index < -0.39 is 0 Å². The highest BCUT2D eigenvalue weighted by Crippen LogP contribution is 2.28. The monoisotopic (exact) mass is 178 g/mol. The average molecular weight is 178 g/mol. The Hall–Kier alpha value is -1.22. The van der Waals surface area contributed by atoms with Gasteiger partial charge in [-0.2, -0.15) is 0 Å². The summed E-state index contributed by atoms with van der Waals surface area (Å²) in [7, 11) is 1.69. The number of methoxy groups -OCH3 is 1. The lowest BCUT2D eigenvalue weighted by molar-refractivity contribution is 0.414.